The summed E-state index contributed by atoms with van der Waals surface area (Å²) >= 11 is 0.997. The number of carboxylic acid groups (broad SMARTS) is 1. The van der Waals surface area contributed by atoms with Crippen LogP contribution in [0, 0.1) is 13.8 Å². The van der Waals surface area contributed by atoms with Crippen molar-refractivity contribution in [1.29, 1.82) is 0 Å². The largest absolute Gasteiger partial charge is 0.494 e. The lowest BCUT2D eigenvalue weighted by atomic mass is 10.1. The van der Waals surface area contributed by atoms with Gasteiger partial charge in [-0.25, -0.2) is 19.9 Å². The number of hydrogen-bond donors (Lipinski definition) is 5. The number of aryl methyl sites for hydroxylation is 4. The molecule has 1 unspecified atom stereocenters. The highest BCUT2D eigenvalue weighted by Crippen LogP contribution is 2.36. The van der Waals surface area contributed by atoms with Crippen molar-refractivity contribution >= 4 is 92.2 Å². The van der Waals surface area contributed by atoms with Crippen LogP contribution in [0.3, 0.4) is 0 Å². The minimum Gasteiger partial charge on any atom is -0.494 e. The number of benzene rings is 1. The third-order valence-electron chi connectivity index (χ3n) is 12.8. The summed E-state index contributed by atoms with van der Waals surface area (Å²) in [6.07, 6.45) is 4.16. The summed E-state index contributed by atoms with van der Waals surface area (Å²) in [6.45, 7) is 8.36. The Morgan fingerprint density at radius 3 is 2.42 bits per heavy atom. The molecule has 8 rings (SSSR count). The lowest BCUT2D eigenvalue weighted by molar-refractivity contribution is -0.140. The average Bonchev–Trinajstić information content (AvgIpc) is 4.27. The summed E-state index contributed by atoms with van der Waals surface area (Å²) < 4.78 is 23.3. The van der Waals surface area contributed by atoms with E-state index < -0.39 is 46.8 Å². The first-order valence-corrected chi connectivity index (χ1v) is 25.7. The van der Waals surface area contributed by atoms with Gasteiger partial charge in [0.15, 0.2) is 5.89 Å². The van der Waals surface area contributed by atoms with E-state index in [1.807, 2.05) is 60.4 Å². The number of likely N-dealkylation sites (tertiary alicyclic amines) is 1. The van der Waals surface area contributed by atoms with Crippen LogP contribution in [-0.2, 0) is 45.2 Å². The highest BCUT2D eigenvalue weighted by Gasteiger charge is 2.39. The molecule has 1 aliphatic heterocycles. The number of carbonyl (C=O) groups is 7. The van der Waals surface area contributed by atoms with Crippen molar-refractivity contribution in [3.63, 3.8) is 0 Å². The van der Waals surface area contributed by atoms with Gasteiger partial charge in [-0.2, -0.15) is 5.10 Å². The number of aromatic nitrogens is 8. The summed E-state index contributed by atoms with van der Waals surface area (Å²) in [5, 5.41) is 16.4. The van der Waals surface area contributed by atoms with Crippen LogP contribution >= 0.6 is 11.8 Å². The molecule has 26 heteroatoms. The second kappa shape index (κ2) is 23.1. The molecule has 0 bridgehead atoms. The molecule has 404 valence electrons. The summed E-state index contributed by atoms with van der Waals surface area (Å²) in [6, 6.07) is 8.95. The second-order valence-corrected chi connectivity index (χ2v) is 19.3. The molecule has 2 atom stereocenters. The van der Waals surface area contributed by atoms with E-state index >= 15 is 0 Å². The molecule has 77 heavy (non-hydrogen) atoms. The number of imidazole rings is 1. The molecule has 7 heterocycles. The third-order valence-corrected chi connectivity index (χ3v) is 14.1. The number of primary amides is 2. The van der Waals surface area contributed by atoms with Crippen molar-refractivity contribution in [2.45, 2.75) is 84.3 Å². The Morgan fingerprint density at radius 2 is 1.73 bits per heavy atom. The first-order valence-electron chi connectivity index (χ1n) is 24.6. The SMILES string of the molecule is CCc1nc(C)oc1C(=O)Nc1nc2cc(C(N)=O)cc(OCCCN(C)C(=O)CCN3C(=O)CC(SC[C@H](N)C(=O)O)C3=O)c2n1C/C=C/Cn1c2nc(-c3cc(C)nn3CC)ccc2c2nc(C(N)=O)cc(OC)c21. The van der Waals surface area contributed by atoms with Crippen LogP contribution in [0.2, 0.25) is 0 Å². The maximum Gasteiger partial charge on any atom is 0.321 e. The Labute approximate surface area is 444 Å². The highest BCUT2D eigenvalue weighted by molar-refractivity contribution is 8.00. The van der Waals surface area contributed by atoms with Crippen molar-refractivity contribution in [3.8, 4) is 22.9 Å². The number of fused-ring (bicyclic) bond motifs is 4. The molecule has 1 aromatic carbocycles. The van der Waals surface area contributed by atoms with Crippen LogP contribution < -0.4 is 32.0 Å². The van der Waals surface area contributed by atoms with Crippen LogP contribution in [0.4, 0.5) is 5.95 Å². The number of methoxy groups -OCH3 is 1. The molecule has 25 nitrogen and oxygen atoms in total. The second-order valence-electron chi connectivity index (χ2n) is 18.1. The van der Waals surface area contributed by atoms with Gasteiger partial charge in [-0.1, -0.05) is 19.1 Å². The molecule has 1 saturated heterocycles. The van der Waals surface area contributed by atoms with Gasteiger partial charge in [-0.05, 0) is 57.0 Å². The molecule has 0 saturated carbocycles. The number of nitrogens with two attached hydrogens (primary N) is 3. The van der Waals surface area contributed by atoms with E-state index in [1.54, 1.807) is 18.5 Å². The van der Waals surface area contributed by atoms with Crippen LogP contribution in [-0.4, -0.2) is 146 Å². The zero-order chi connectivity index (χ0) is 55.4. The summed E-state index contributed by atoms with van der Waals surface area (Å²) in [5.74, 6) is -3.76. The lowest BCUT2D eigenvalue weighted by Crippen LogP contribution is -2.37. The number of thioether (sulfide) groups is 1. The standard InChI is InChI=1S/C51H58N14O11S/c1-7-31-44(76-27(4)55-31)48(70)59-51-58-33-21-28(45(53)68)22-37(75-19-11-15-61(5)39(66)14-18-62-40(67)24-38(49(62)71)77-25-30(52)50(72)73)42(33)64(51)17-10-9-16-63-43-36(74-6)23-34(46(54)69)56-41(43)29-12-13-32(57-47(29)63)35-20-26(3)60-65(35)8-2/h9-10,12-13,20-23,30,38H,7-8,11,14-19,24-25,52H2,1-6H3,(H2,53,68)(H2,54,69)(H,72,73)(H,58,59,70)/b10-9+/t30-,38?/m0/s1. The number of amides is 6. The fourth-order valence-corrected chi connectivity index (χ4v) is 10.1. The summed E-state index contributed by atoms with van der Waals surface area (Å²) in [5.41, 5.74) is 22.1. The van der Waals surface area contributed by atoms with Gasteiger partial charge < -0.3 is 50.2 Å². The van der Waals surface area contributed by atoms with E-state index in [-0.39, 0.29) is 91.5 Å². The molecule has 8 N–H and O–H groups in total. The first kappa shape index (κ1) is 54.6. The zero-order valence-electron chi connectivity index (χ0n) is 43.2. The quantitative estimate of drug-likeness (QED) is 0.0328. The number of carboxylic acids is 1. The number of nitrogens with zero attached hydrogens (tertiary/aromatic N) is 10. The third kappa shape index (κ3) is 11.5. The minimum absolute atomic E-state index is 0.00422. The normalized spacial score (nSPS) is 14.1. The Kier molecular flexibility index (Phi) is 16.4. The summed E-state index contributed by atoms with van der Waals surface area (Å²) in [4.78, 5) is 110. The van der Waals surface area contributed by atoms with Crippen molar-refractivity contribution in [1.82, 2.24) is 48.7 Å². The zero-order valence-corrected chi connectivity index (χ0v) is 44.0. The van der Waals surface area contributed by atoms with Gasteiger partial charge in [0, 0.05) is 82.3 Å². The number of imide groups is 1. The van der Waals surface area contributed by atoms with Gasteiger partial charge in [0.2, 0.25) is 35.3 Å². The monoisotopic (exact) mass is 1070 g/mol. The fraction of sp³-hybridized carbons (Fsp3) is 0.373. The highest BCUT2D eigenvalue weighted by atomic mass is 32.2. The van der Waals surface area contributed by atoms with E-state index in [1.165, 1.54) is 30.2 Å². The van der Waals surface area contributed by atoms with Crippen molar-refractivity contribution in [3.05, 3.63) is 82.8 Å². The molecule has 7 aromatic rings. The van der Waals surface area contributed by atoms with Crippen molar-refractivity contribution in [2.24, 2.45) is 17.2 Å². The van der Waals surface area contributed by atoms with E-state index in [4.69, 9.17) is 46.2 Å². The molecular formula is C51H58N14O11S. The predicted molar refractivity (Wildman–Crippen MR) is 283 cm³/mol. The van der Waals surface area contributed by atoms with Crippen LogP contribution in [0.15, 0.2) is 53.0 Å². The maximum absolute atomic E-state index is 13.9. The number of allylic oxidation sites excluding steroid dienone is 2. The molecular weight excluding hydrogens is 1020 g/mol. The predicted octanol–water partition coefficient (Wildman–Crippen LogP) is 3.59. The van der Waals surface area contributed by atoms with E-state index in [2.05, 4.69) is 20.4 Å². The number of pyridine rings is 2. The number of rotatable bonds is 24. The number of aliphatic carboxylic acids is 1. The Morgan fingerprint density at radius 1 is 0.974 bits per heavy atom. The van der Waals surface area contributed by atoms with Crippen LogP contribution in [0.25, 0.3) is 44.5 Å². The van der Waals surface area contributed by atoms with Gasteiger partial charge in [0.1, 0.15) is 45.4 Å². The minimum atomic E-state index is -1.22. The van der Waals surface area contributed by atoms with Gasteiger partial charge in [0.05, 0.1) is 47.3 Å². The number of anilines is 1. The molecule has 6 aromatic heterocycles. The van der Waals surface area contributed by atoms with Crippen molar-refractivity contribution < 1.29 is 52.6 Å². The Balaban J connectivity index is 1.07. The molecule has 6 amide bonds. The first-order chi connectivity index (χ1) is 36.8. The molecule has 1 fully saturated rings. The maximum atomic E-state index is 13.9. The molecule has 0 spiro atoms. The fourth-order valence-electron chi connectivity index (χ4n) is 8.98. The van der Waals surface area contributed by atoms with Crippen LogP contribution in [0.5, 0.6) is 11.5 Å². The van der Waals surface area contributed by atoms with E-state index in [0.717, 1.165) is 28.0 Å². The smallest absolute Gasteiger partial charge is 0.321 e. The lowest BCUT2D eigenvalue weighted by Gasteiger charge is -2.20. The van der Waals surface area contributed by atoms with Crippen molar-refractivity contribution in [2.75, 3.05) is 44.9 Å². The Hall–Kier alpha value is -8.65. The topological polar surface area (TPSA) is 347 Å². The van der Waals surface area contributed by atoms with Crippen LogP contribution in [0.1, 0.15) is 81.8 Å². The number of hydrogen-bond acceptors (Lipinski definition) is 17. The number of ether oxygens (including phenoxy) is 2. The summed E-state index contributed by atoms with van der Waals surface area (Å²) in [7, 11) is 3.06. The van der Waals surface area contributed by atoms with E-state index in [0.29, 0.717) is 70.0 Å². The van der Waals surface area contributed by atoms with Gasteiger partial charge in [-0.15, -0.1) is 11.8 Å². The van der Waals surface area contributed by atoms with Gasteiger partial charge in [0.25, 0.3) is 11.8 Å². The molecule has 0 radical (unpaired) electrons. The molecule has 0 aliphatic carbocycles. The van der Waals surface area contributed by atoms with E-state index in [9.17, 15) is 33.6 Å². The number of carbonyl (C=O) groups excluding carboxylic acids is 6. The van der Waals surface area contributed by atoms with Gasteiger partial charge >= 0.3 is 5.97 Å². The average molecular weight is 1080 g/mol. The molecule has 1 aliphatic rings. The number of oxazole rings is 1. The number of nitrogens with one attached hydrogen (secondary N) is 1. The van der Waals surface area contributed by atoms with Gasteiger partial charge in [-0.3, -0.25) is 48.5 Å². The Bertz CT molecular complexity index is 3520.